The summed E-state index contributed by atoms with van der Waals surface area (Å²) in [6.45, 7) is 11.6. The van der Waals surface area contributed by atoms with Crippen LogP contribution in [0.1, 0.15) is 60.8 Å². The van der Waals surface area contributed by atoms with Crippen molar-refractivity contribution in [2.75, 3.05) is 34.9 Å². The molecular formula is C37H61NO11. The molecule has 0 radical (unpaired) electrons. The Bertz CT molecular complexity index is 1130. The molecule has 12 nitrogen and oxygen atoms in total. The van der Waals surface area contributed by atoms with Gasteiger partial charge < -0.3 is 48.3 Å². The van der Waals surface area contributed by atoms with Gasteiger partial charge in [-0.05, 0) is 59.2 Å². The molecule has 0 aliphatic carbocycles. The number of hydrogen-bond donors (Lipinski definition) is 2. The van der Waals surface area contributed by atoms with E-state index in [9.17, 15) is 19.8 Å². The second-order valence-corrected chi connectivity index (χ2v) is 14.1. The minimum absolute atomic E-state index is 0.0243. The molecule has 0 aromatic rings. The van der Waals surface area contributed by atoms with E-state index in [0.29, 0.717) is 19.3 Å². The number of ether oxygens (including phenoxy) is 7. The first-order chi connectivity index (χ1) is 23.2. The Morgan fingerprint density at radius 1 is 0.857 bits per heavy atom. The summed E-state index contributed by atoms with van der Waals surface area (Å²) in [6.07, 6.45) is 5.21. The highest BCUT2D eigenvalue weighted by molar-refractivity contribution is 5.91. The van der Waals surface area contributed by atoms with Gasteiger partial charge in [-0.3, -0.25) is 4.79 Å². The summed E-state index contributed by atoms with van der Waals surface area (Å²) in [5, 5.41) is 21.7. The average Bonchev–Trinajstić information content (AvgIpc) is 3.06. The van der Waals surface area contributed by atoms with Crippen molar-refractivity contribution in [1.82, 2.24) is 4.90 Å². The molecule has 3 rings (SSSR count). The van der Waals surface area contributed by atoms with Crippen molar-refractivity contribution in [3.63, 3.8) is 0 Å². The lowest BCUT2D eigenvalue weighted by Crippen LogP contribution is -2.59. The average molecular weight is 696 g/mol. The smallest absolute Gasteiger partial charge is 0.330 e. The predicted molar refractivity (Wildman–Crippen MR) is 183 cm³/mol. The number of ketones is 1. The van der Waals surface area contributed by atoms with Crippen molar-refractivity contribution >= 4 is 11.8 Å². The summed E-state index contributed by atoms with van der Waals surface area (Å²) in [5.41, 5.74) is 0. The number of rotatable bonds is 9. The van der Waals surface area contributed by atoms with Gasteiger partial charge >= 0.3 is 5.97 Å². The molecule has 3 aliphatic heterocycles. The number of hydrogen-bond acceptors (Lipinski definition) is 12. The van der Waals surface area contributed by atoms with Crippen LogP contribution in [0.15, 0.2) is 36.5 Å². The van der Waals surface area contributed by atoms with Gasteiger partial charge in [0, 0.05) is 44.1 Å². The SMILES string of the molecule is CC[C@@H]1OC(=O)/C=C/[C@@H](C)[C@@H](O[C@@H]2O[C@H](C)C[C@H](N(C)C)[C@H]2O)[C@H](C)C[C@@H](C)C(=O)/C=C/C=C/[C@@H]1CO[C@@H]1O[C@H](C)[C@@H](O)[C@@H](OC)[C@H]1OC. The Kier molecular flexibility index (Phi) is 16.5. The second kappa shape index (κ2) is 19.6. The normalized spacial score (nSPS) is 43.6. The Balaban J connectivity index is 1.85. The number of cyclic esters (lactones) is 1. The predicted octanol–water partition coefficient (Wildman–Crippen LogP) is 3.44. The quantitative estimate of drug-likeness (QED) is 0.342. The fourth-order valence-corrected chi connectivity index (χ4v) is 7.05. The van der Waals surface area contributed by atoms with Gasteiger partial charge in [0.05, 0.1) is 24.9 Å². The fourth-order valence-electron chi connectivity index (χ4n) is 7.05. The van der Waals surface area contributed by atoms with E-state index in [-0.39, 0.29) is 42.3 Å². The van der Waals surface area contributed by atoms with Crippen LogP contribution < -0.4 is 0 Å². The molecule has 0 unspecified atom stereocenters. The highest BCUT2D eigenvalue weighted by Crippen LogP contribution is 2.32. The zero-order valence-corrected chi connectivity index (χ0v) is 31.0. The summed E-state index contributed by atoms with van der Waals surface area (Å²) in [7, 11) is 6.85. The van der Waals surface area contributed by atoms with Gasteiger partial charge in [-0.15, -0.1) is 0 Å². The zero-order chi connectivity index (χ0) is 36.4. The van der Waals surface area contributed by atoms with E-state index in [2.05, 4.69) is 0 Å². The lowest BCUT2D eigenvalue weighted by Gasteiger charge is -2.43. The van der Waals surface area contributed by atoms with Crippen LogP contribution in [0.2, 0.25) is 0 Å². The Hall–Kier alpha value is -2.00. The van der Waals surface area contributed by atoms with Crippen molar-refractivity contribution in [2.45, 2.75) is 128 Å². The highest BCUT2D eigenvalue weighted by atomic mass is 16.7. The van der Waals surface area contributed by atoms with E-state index < -0.39 is 67.2 Å². The van der Waals surface area contributed by atoms with Crippen LogP contribution in [0.4, 0.5) is 0 Å². The van der Waals surface area contributed by atoms with Crippen LogP contribution >= 0.6 is 0 Å². The molecular weight excluding hydrogens is 634 g/mol. The number of nitrogens with zero attached hydrogens (tertiary/aromatic N) is 1. The van der Waals surface area contributed by atoms with Crippen LogP contribution in [-0.4, -0.2) is 129 Å². The van der Waals surface area contributed by atoms with E-state index in [1.807, 2.05) is 59.7 Å². The van der Waals surface area contributed by atoms with Gasteiger partial charge in [0.2, 0.25) is 0 Å². The number of esters is 1. The lowest BCUT2D eigenvalue weighted by atomic mass is 9.84. The second-order valence-electron chi connectivity index (χ2n) is 14.1. The summed E-state index contributed by atoms with van der Waals surface area (Å²) in [6, 6.07) is -0.140. The number of methoxy groups -OCH3 is 2. The molecule has 49 heavy (non-hydrogen) atoms. The number of allylic oxidation sites excluding steroid dienone is 3. The Morgan fingerprint density at radius 3 is 2.18 bits per heavy atom. The summed E-state index contributed by atoms with van der Waals surface area (Å²) >= 11 is 0. The minimum Gasteiger partial charge on any atom is -0.459 e. The molecule has 0 bridgehead atoms. The van der Waals surface area contributed by atoms with Crippen LogP contribution in [-0.2, 0) is 42.7 Å². The van der Waals surface area contributed by atoms with E-state index in [4.69, 9.17) is 33.2 Å². The van der Waals surface area contributed by atoms with Gasteiger partial charge in [-0.25, -0.2) is 4.79 Å². The fraction of sp³-hybridized carbons (Fsp3) is 0.784. The lowest BCUT2D eigenvalue weighted by molar-refractivity contribution is -0.304. The van der Waals surface area contributed by atoms with Crippen molar-refractivity contribution in [2.24, 2.45) is 23.7 Å². The van der Waals surface area contributed by atoms with Crippen molar-refractivity contribution in [1.29, 1.82) is 0 Å². The van der Waals surface area contributed by atoms with Gasteiger partial charge in [0.25, 0.3) is 0 Å². The maximum atomic E-state index is 13.3. The summed E-state index contributed by atoms with van der Waals surface area (Å²) in [5.74, 6) is -1.62. The van der Waals surface area contributed by atoms with Gasteiger partial charge in [0.15, 0.2) is 18.4 Å². The van der Waals surface area contributed by atoms with Gasteiger partial charge in [-0.2, -0.15) is 0 Å². The Morgan fingerprint density at radius 2 is 1.55 bits per heavy atom. The first-order valence-corrected chi connectivity index (χ1v) is 17.7. The third kappa shape index (κ3) is 11.2. The third-order valence-electron chi connectivity index (χ3n) is 10.0. The molecule has 280 valence electrons. The largest absolute Gasteiger partial charge is 0.459 e. The first-order valence-electron chi connectivity index (χ1n) is 17.7. The van der Waals surface area contributed by atoms with Crippen molar-refractivity contribution in [3.8, 4) is 0 Å². The number of carbonyl (C=O) groups is 2. The first kappa shape index (κ1) is 41.4. The molecule has 15 atom stereocenters. The molecule has 2 saturated heterocycles. The topological polar surface area (TPSA) is 142 Å². The van der Waals surface area contributed by atoms with Crippen LogP contribution in [0.3, 0.4) is 0 Å². The molecule has 12 heteroatoms. The van der Waals surface area contributed by atoms with E-state index >= 15 is 0 Å². The summed E-state index contributed by atoms with van der Waals surface area (Å²) in [4.78, 5) is 28.4. The number of likely N-dealkylation sites (N-methyl/N-ethyl adjacent to an activating group) is 1. The number of carbonyl (C=O) groups excluding carboxylic acids is 2. The molecule has 0 amide bonds. The minimum atomic E-state index is -0.896. The van der Waals surface area contributed by atoms with Crippen molar-refractivity contribution in [3.05, 3.63) is 36.5 Å². The molecule has 0 spiro atoms. The Labute approximate surface area is 292 Å². The molecule has 2 N–H and O–H groups in total. The zero-order valence-electron chi connectivity index (χ0n) is 31.0. The maximum absolute atomic E-state index is 13.3. The highest BCUT2D eigenvalue weighted by Gasteiger charge is 2.45. The van der Waals surface area contributed by atoms with Crippen LogP contribution in [0.25, 0.3) is 0 Å². The molecule has 3 aliphatic rings. The maximum Gasteiger partial charge on any atom is 0.330 e. The third-order valence-corrected chi connectivity index (χ3v) is 10.0. The molecule has 0 aromatic carbocycles. The monoisotopic (exact) mass is 695 g/mol. The van der Waals surface area contributed by atoms with Crippen LogP contribution in [0, 0.1) is 23.7 Å². The number of aliphatic hydroxyl groups is 2. The van der Waals surface area contributed by atoms with E-state index in [1.165, 1.54) is 20.3 Å². The van der Waals surface area contributed by atoms with E-state index in [0.717, 1.165) is 0 Å². The van der Waals surface area contributed by atoms with Crippen LogP contribution in [0.5, 0.6) is 0 Å². The van der Waals surface area contributed by atoms with Crippen molar-refractivity contribution < 1.29 is 53.0 Å². The standard InChI is InChI=1S/C37H61NO11/c1-11-29-26(20-45-37-35(44-10)34(43-9)31(41)25(6)47-37)14-12-13-15-28(39)22(3)18-23(4)33(21(2)16-17-30(40)48-29)49-36-32(42)27(38(7)8)19-24(5)46-36/h12-17,21-27,29,31-37,41-42H,11,18-20H2,1-10H3/b14-12+,15-13+,17-16+/t21-,22-,23-,24-,25-,26-,27+,29+,31-,32-,33-,34-,35-,36+,37-/m1/s1. The molecule has 3 heterocycles. The van der Waals surface area contributed by atoms with E-state index in [1.54, 1.807) is 31.2 Å². The summed E-state index contributed by atoms with van der Waals surface area (Å²) < 4.78 is 41.8. The number of aliphatic hydroxyl groups excluding tert-OH is 2. The molecule has 0 aromatic heterocycles. The van der Waals surface area contributed by atoms with Gasteiger partial charge in [0.1, 0.15) is 30.5 Å². The van der Waals surface area contributed by atoms with Gasteiger partial charge in [-0.1, -0.05) is 52.0 Å². The molecule has 0 saturated carbocycles. The molecule has 2 fully saturated rings.